The number of para-hydroxylation sites is 2. The minimum absolute atomic E-state index is 0.0934. The van der Waals surface area contributed by atoms with Crippen LogP contribution in [0.1, 0.15) is 16.8 Å². The van der Waals surface area contributed by atoms with Crippen molar-refractivity contribution in [2.45, 2.75) is 26.9 Å². The van der Waals surface area contributed by atoms with E-state index in [0.29, 0.717) is 11.4 Å². The molecule has 8 heteroatoms. The molecule has 0 spiro atoms. The fourth-order valence-corrected chi connectivity index (χ4v) is 3.77. The van der Waals surface area contributed by atoms with Gasteiger partial charge in [-0.3, -0.25) is 9.59 Å². The lowest BCUT2D eigenvalue weighted by Gasteiger charge is -2.10. The van der Waals surface area contributed by atoms with Gasteiger partial charge in [0.1, 0.15) is 12.2 Å². The first-order valence-electron chi connectivity index (χ1n) is 8.83. The molecule has 0 aliphatic rings. The normalized spacial score (nSPS) is 11.1. The lowest BCUT2D eigenvalue weighted by molar-refractivity contribution is -0.121. The lowest BCUT2D eigenvalue weighted by Crippen LogP contribution is -2.30. The summed E-state index contributed by atoms with van der Waals surface area (Å²) in [7, 11) is 0. The van der Waals surface area contributed by atoms with Crippen LogP contribution in [-0.4, -0.2) is 25.4 Å². The first-order valence-corrected chi connectivity index (χ1v) is 9.77. The van der Waals surface area contributed by atoms with Crippen molar-refractivity contribution in [1.29, 1.82) is 0 Å². The van der Waals surface area contributed by atoms with Gasteiger partial charge in [0.05, 0.1) is 16.5 Å². The number of fused-ring (bicyclic) bond motifs is 1. The molecule has 0 unspecified atom stereocenters. The number of benzene rings is 1. The summed E-state index contributed by atoms with van der Waals surface area (Å²) in [6.07, 6.45) is 0. The molecule has 0 aliphatic heterocycles. The molecular weight excluding hydrogens is 374 g/mol. The topological polar surface area (TPSA) is 92.7 Å². The number of nitrogens with zero attached hydrogens (tertiary/aromatic N) is 3. The van der Waals surface area contributed by atoms with Crippen LogP contribution in [0.25, 0.3) is 22.6 Å². The molecule has 3 aromatic heterocycles. The Bertz CT molecular complexity index is 1210. The quantitative estimate of drug-likeness (QED) is 0.545. The van der Waals surface area contributed by atoms with Crippen LogP contribution in [0.5, 0.6) is 0 Å². The standard InChI is InChI=1S/C20H19N5O2S/c1-12-7-13(2)23-20(27)14(12)8-21-18(26)9-25-17-6-4-3-5-15(17)24-19(25)16-10-28-11-22-16/h3-7,10-11H,8-9H2,1-2H3,(H,21,26)(H,23,27). The first-order chi connectivity index (χ1) is 13.5. The number of aromatic nitrogens is 4. The summed E-state index contributed by atoms with van der Waals surface area (Å²) in [6.45, 7) is 3.98. The Morgan fingerprint density at radius 1 is 1.29 bits per heavy atom. The number of carbonyl (C=O) groups excluding carboxylic acids is 1. The smallest absolute Gasteiger partial charge is 0.253 e. The molecule has 3 heterocycles. The van der Waals surface area contributed by atoms with Gasteiger partial charge in [-0.25, -0.2) is 9.97 Å². The number of hydrogen-bond acceptors (Lipinski definition) is 5. The second-order valence-electron chi connectivity index (χ2n) is 6.60. The van der Waals surface area contributed by atoms with Crippen molar-refractivity contribution in [3.8, 4) is 11.5 Å². The SMILES string of the molecule is Cc1cc(C)c(CNC(=O)Cn2c(-c3cscn3)nc3ccccc32)c(=O)[nH]1. The predicted octanol–water partition coefficient (Wildman–Crippen LogP) is 2.78. The van der Waals surface area contributed by atoms with Gasteiger partial charge in [0.15, 0.2) is 5.82 Å². The summed E-state index contributed by atoms with van der Waals surface area (Å²) in [5.74, 6) is 0.459. The van der Waals surface area contributed by atoms with Gasteiger partial charge >= 0.3 is 0 Å². The van der Waals surface area contributed by atoms with E-state index in [0.717, 1.165) is 28.0 Å². The molecule has 0 fully saturated rings. The molecule has 0 atom stereocenters. The highest BCUT2D eigenvalue weighted by Crippen LogP contribution is 2.24. The monoisotopic (exact) mass is 393 g/mol. The summed E-state index contributed by atoms with van der Waals surface area (Å²) >= 11 is 1.48. The molecule has 4 rings (SSSR count). The third-order valence-electron chi connectivity index (χ3n) is 4.57. The van der Waals surface area contributed by atoms with E-state index in [1.807, 2.05) is 54.1 Å². The predicted molar refractivity (Wildman–Crippen MR) is 109 cm³/mol. The van der Waals surface area contributed by atoms with Crippen LogP contribution in [0.15, 0.2) is 46.0 Å². The van der Waals surface area contributed by atoms with Gasteiger partial charge in [0.25, 0.3) is 5.56 Å². The van der Waals surface area contributed by atoms with Crippen molar-refractivity contribution in [3.63, 3.8) is 0 Å². The Kier molecular flexibility index (Phi) is 4.79. The first kappa shape index (κ1) is 18.1. The third kappa shape index (κ3) is 3.46. The molecule has 4 aromatic rings. The number of aryl methyl sites for hydroxylation is 2. The van der Waals surface area contributed by atoms with E-state index in [1.54, 1.807) is 5.51 Å². The molecular formula is C20H19N5O2S. The number of thiazole rings is 1. The van der Waals surface area contributed by atoms with Gasteiger partial charge in [-0.05, 0) is 37.6 Å². The van der Waals surface area contributed by atoms with E-state index in [9.17, 15) is 9.59 Å². The van der Waals surface area contributed by atoms with Crippen LogP contribution in [0.3, 0.4) is 0 Å². The number of rotatable bonds is 5. The van der Waals surface area contributed by atoms with Gasteiger partial charge in [0, 0.05) is 23.2 Å². The molecule has 0 radical (unpaired) electrons. The molecule has 7 nitrogen and oxygen atoms in total. The molecule has 2 N–H and O–H groups in total. The number of carbonyl (C=O) groups is 1. The van der Waals surface area contributed by atoms with Crippen LogP contribution in [0.2, 0.25) is 0 Å². The number of hydrogen-bond donors (Lipinski definition) is 2. The third-order valence-corrected chi connectivity index (χ3v) is 5.16. The highest BCUT2D eigenvalue weighted by molar-refractivity contribution is 7.07. The Hall–Kier alpha value is -3.26. The Labute approximate surface area is 165 Å². The zero-order valence-corrected chi connectivity index (χ0v) is 16.3. The Balaban J connectivity index is 1.59. The number of H-pyrrole nitrogens is 1. The molecule has 0 saturated carbocycles. The maximum absolute atomic E-state index is 12.6. The Morgan fingerprint density at radius 2 is 2.11 bits per heavy atom. The van der Waals surface area contributed by atoms with E-state index >= 15 is 0 Å². The van der Waals surface area contributed by atoms with Crippen LogP contribution in [0, 0.1) is 13.8 Å². The van der Waals surface area contributed by atoms with Gasteiger partial charge in [-0.1, -0.05) is 12.1 Å². The zero-order chi connectivity index (χ0) is 19.7. The van der Waals surface area contributed by atoms with Gasteiger partial charge in [0.2, 0.25) is 5.91 Å². The zero-order valence-electron chi connectivity index (χ0n) is 15.5. The van der Waals surface area contributed by atoms with Gasteiger partial charge in [-0.2, -0.15) is 0 Å². The van der Waals surface area contributed by atoms with E-state index in [2.05, 4.69) is 20.3 Å². The molecule has 0 saturated heterocycles. The van der Waals surface area contributed by atoms with E-state index in [4.69, 9.17) is 0 Å². The van der Waals surface area contributed by atoms with Gasteiger partial charge in [-0.15, -0.1) is 11.3 Å². The minimum atomic E-state index is -0.195. The average molecular weight is 393 g/mol. The number of nitrogens with one attached hydrogen (secondary N) is 2. The summed E-state index contributed by atoms with van der Waals surface area (Å²) in [4.78, 5) is 36.5. The lowest BCUT2D eigenvalue weighted by atomic mass is 10.1. The second-order valence-corrected chi connectivity index (χ2v) is 7.32. The highest BCUT2D eigenvalue weighted by Gasteiger charge is 2.16. The van der Waals surface area contributed by atoms with Gasteiger partial charge < -0.3 is 14.9 Å². The van der Waals surface area contributed by atoms with Crippen molar-refractivity contribution in [2.24, 2.45) is 0 Å². The van der Waals surface area contributed by atoms with Crippen LogP contribution in [0.4, 0.5) is 0 Å². The number of aromatic amines is 1. The second kappa shape index (κ2) is 7.40. The van der Waals surface area contributed by atoms with Crippen molar-refractivity contribution in [3.05, 3.63) is 68.4 Å². The van der Waals surface area contributed by atoms with Crippen LogP contribution < -0.4 is 10.9 Å². The largest absolute Gasteiger partial charge is 0.350 e. The summed E-state index contributed by atoms with van der Waals surface area (Å²) < 4.78 is 1.85. The average Bonchev–Trinajstić information content (AvgIpc) is 3.29. The van der Waals surface area contributed by atoms with Crippen molar-refractivity contribution >= 4 is 28.3 Å². The van der Waals surface area contributed by atoms with Crippen molar-refractivity contribution < 1.29 is 4.79 Å². The molecule has 0 aliphatic carbocycles. The van der Waals surface area contributed by atoms with Crippen molar-refractivity contribution in [2.75, 3.05) is 0 Å². The fourth-order valence-electron chi connectivity index (χ4n) is 3.24. The fraction of sp³-hybridized carbons (Fsp3) is 0.200. The number of imidazole rings is 1. The molecule has 1 amide bonds. The maximum atomic E-state index is 12.6. The highest BCUT2D eigenvalue weighted by atomic mass is 32.1. The van der Waals surface area contributed by atoms with Crippen LogP contribution >= 0.6 is 11.3 Å². The van der Waals surface area contributed by atoms with E-state index in [-0.39, 0.29) is 24.6 Å². The minimum Gasteiger partial charge on any atom is -0.350 e. The maximum Gasteiger partial charge on any atom is 0.253 e. The summed E-state index contributed by atoms with van der Waals surface area (Å²) in [5, 5.41) is 4.76. The summed E-state index contributed by atoms with van der Waals surface area (Å²) in [5.41, 5.74) is 6.20. The van der Waals surface area contributed by atoms with E-state index in [1.165, 1.54) is 11.3 Å². The molecule has 0 bridgehead atoms. The summed E-state index contributed by atoms with van der Waals surface area (Å²) in [6, 6.07) is 9.57. The number of amides is 1. The Morgan fingerprint density at radius 3 is 2.86 bits per heavy atom. The molecule has 28 heavy (non-hydrogen) atoms. The molecule has 142 valence electrons. The number of pyridine rings is 1. The molecule has 1 aromatic carbocycles. The van der Waals surface area contributed by atoms with Crippen LogP contribution in [-0.2, 0) is 17.9 Å². The van der Waals surface area contributed by atoms with E-state index < -0.39 is 0 Å². The van der Waals surface area contributed by atoms with Crippen molar-refractivity contribution in [1.82, 2.24) is 24.8 Å².